The van der Waals surface area contributed by atoms with E-state index in [9.17, 15) is 22.8 Å². The third kappa shape index (κ3) is 11.5. The Balaban J connectivity index is 0.00000307. The van der Waals surface area contributed by atoms with E-state index < -0.39 is 23.7 Å². The zero-order valence-corrected chi connectivity index (χ0v) is 29.1. The first-order valence-electron chi connectivity index (χ1n) is 16.0. The van der Waals surface area contributed by atoms with Crippen LogP contribution in [0.1, 0.15) is 36.1 Å². The quantitative estimate of drug-likeness (QED) is 0.139. The fourth-order valence-electron chi connectivity index (χ4n) is 5.27. The fourth-order valence-corrected chi connectivity index (χ4v) is 5.54. The first-order valence-corrected chi connectivity index (χ1v) is 16.8. The van der Waals surface area contributed by atoms with Crippen molar-refractivity contribution in [1.29, 1.82) is 0 Å². The van der Waals surface area contributed by atoms with E-state index in [1.807, 2.05) is 79.4 Å². The number of nitrogens with zero attached hydrogens (tertiary/aromatic N) is 3. The van der Waals surface area contributed by atoms with E-state index in [4.69, 9.17) is 0 Å². The average Bonchev–Trinajstić information content (AvgIpc) is 3.10. The van der Waals surface area contributed by atoms with Gasteiger partial charge in [0.2, 0.25) is 11.8 Å². The first-order chi connectivity index (χ1) is 23.1. The molecule has 3 aromatic carbocycles. The number of carbonyl (C=O) groups excluding carboxylic acids is 2. The molecule has 1 fully saturated rings. The molecule has 0 aromatic heterocycles. The van der Waals surface area contributed by atoms with Crippen molar-refractivity contribution >= 4 is 33.8 Å². The molecule has 5 nitrogen and oxygen atoms in total. The summed E-state index contributed by atoms with van der Waals surface area (Å²) in [6.45, 7) is 14.9. The SMILES string of the molecule is C=C/C=C(\C=C)CN1CCN(C(=O)C(Cc2ccccc2)N(Cc2ccc(Br)cc2)C(=O)/C=C/c2ccc(C(F)(F)F)cc2)CC1.CC. The van der Waals surface area contributed by atoms with E-state index in [-0.39, 0.29) is 12.5 Å². The number of allylic oxidation sites excluding steroid dienone is 2. The third-order valence-corrected chi connectivity index (χ3v) is 8.35. The molecule has 1 aliphatic heterocycles. The normalized spacial score (nSPS) is 14.5. The summed E-state index contributed by atoms with van der Waals surface area (Å²) in [6, 6.07) is 20.9. The van der Waals surface area contributed by atoms with Crippen molar-refractivity contribution in [2.75, 3.05) is 32.7 Å². The molecule has 0 aliphatic carbocycles. The Kier molecular flexibility index (Phi) is 15.1. The van der Waals surface area contributed by atoms with Crippen LogP contribution in [0.3, 0.4) is 0 Å². The minimum absolute atomic E-state index is 0.150. The molecule has 1 atom stereocenters. The van der Waals surface area contributed by atoms with E-state index >= 15 is 0 Å². The van der Waals surface area contributed by atoms with Crippen molar-refractivity contribution in [1.82, 2.24) is 14.7 Å². The fraction of sp³-hybridized carbons (Fsp3) is 0.282. The molecule has 0 spiro atoms. The van der Waals surface area contributed by atoms with E-state index in [1.54, 1.807) is 17.1 Å². The van der Waals surface area contributed by atoms with Gasteiger partial charge in [-0.15, -0.1) is 0 Å². The summed E-state index contributed by atoms with van der Waals surface area (Å²) in [5.41, 5.74) is 2.46. The summed E-state index contributed by atoms with van der Waals surface area (Å²) in [5, 5.41) is 0. The molecule has 1 unspecified atom stereocenters. The van der Waals surface area contributed by atoms with Gasteiger partial charge in [-0.3, -0.25) is 14.5 Å². The highest BCUT2D eigenvalue weighted by molar-refractivity contribution is 9.10. The Morgan fingerprint density at radius 2 is 1.52 bits per heavy atom. The highest BCUT2D eigenvalue weighted by Crippen LogP contribution is 2.29. The molecule has 48 heavy (non-hydrogen) atoms. The largest absolute Gasteiger partial charge is 0.416 e. The lowest BCUT2D eigenvalue weighted by molar-refractivity contribution is -0.145. The Morgan fingerprint density at radius 3 is 2.08 bits per heavy atom. The number of hydrogen-bond acceptors (Lipinski definition) is 3. The van der Waals surface area contributed by atoms with Crippen LogP contribution in [-0.2, 0) is 28.7 Å². The monoisotopic (exact) mass is 721 g/mol. The highest BCUT2D eigenvalue weighted by atomic mass is 79.9. The van der Waals surface area contributed by atoms with Crippen LogP contribution in [0.2, 0.25) is 0 Å². The zero-order valence-electron chi connectivity index (χ0n) is 27.5. The Labute approximate surface area is 290 Å². The maximum Gasteiger partial charge on any atom is 0.416 e. The van der Waals surface area contributed by atoms with Crippen molar-refractivity contribution in [3.63, 3.8) is 0 Å². The van der Waals surface area contributed by atoms with Crippen LogP contribution >= 0.6 is 15.9 Å². The number of hydrogen-bond donors (Lipinski definition) is 0. The number of piperazine rings is 1. The number of rotatable bonds is 12. The standard InChI is InChI=1S/C37H37BrF3N3O2.C2H6/c1-3-8-28(4-2)26-42-21-23-43(24-22-42)36(46)34(25-30-9-6-5-7-10-30)44(27-31-13-18-33(38)19-14-31)35(45)20-15-29-11-16-32(17-12-29)37(39,40)41;1-2/h3-20,34H,1-2,21-27H2;1-2H3/b20-15+,28-8+;. The maximum absolute atomic E-state index is 14.3. The molecule has 1 heterocycles. The Morgan fingerprint density at radius 1 is 0.896 bits per heavy atom. The number of carbonyl (C=O) groups is 2. The van der Waals surface area contributed by atoms with Gasteiger partial charge < -0.3 is 9.80 Å². The molecular weight excluding hydrogens is 679 g/mol. The van der Waals surface area contributed by atoms with Gasteiger partial charge in [-0.05, 0) is 52.6 Å². The number of benzene rings is 3. The van der Waals surface area contributed by atoms with Crippen LogP contribution < -0.4 is 0 Å². The van der Waals surface area contributed by atoms with Crippen LogP contribution in [0.4, 0.5) is 13.2 Å². The van der Waals surface area contributed by atoms with Crippen LogP contribution in [0.15, 0.2) is 126 Å². The Hall–Kier alpha value is -4.21. The lowest BCUT2D eigenvalue weighted by Crippen LogP contribution is -2.56. The van der Waals surface area contributed by atoms with E-state index in [0.717, 1.165) is 33.3 Å². The maximum atomic E-state index is 14.3. The van der Waals surface area contributed by atoms with Crippen molar-refractivity contribution in [3.8, 4) is 0 Å². The molecule has 1 saturated heterocycles. The molecule has 9 heteroatoms. The van der Waals surface area contributed by atoms with Crippen molar-refractivity contribution in [2.45, 2.75) is 39.0 Å². The van der Waals surface area contributed by atoms with Crippen LogP contribution in [0, 0.1) is 0 Å². The van der Waals surface area contributed by atoms with Gasteiger partial charge in [-0.25, -0.2) is 0 Å². The van der Waals surface area contributed by atoms with Gasteiger partial charge in [0.05, 0.1) is 5.56 Å². The highest BCUT2D eigenvalue weighted by Gasteiger charge is 2.34. The topological polar surface area (TPSA) is 43.9 Å². The molecule has 0 saturated carbocycles. The predicted octanol–water partition coefficient (Wildman–Crippen LogP) is 8.59. The van der Waals surface area contributed by atoms with Gasteiger partial charge in [0.1, 0.15) is 6.04 Å². The summed E-state index contributed by atoms with van der Waals surface area (Å²) in [6.07, 6.45) is 4.11. The van der Waals surface area contributed by atoms with Gasteiger partial charge in [-0.1, -0.05) is 116 Å². The van der Waals surface area contributed by atoms with Gasteiger partial charge in [-0.2, -0.15) is 13.2 Å². The van der Waals surface area contributed by atoms with Crippen LogP contribution in [0.25, 0.3) is 6.08 Å². The smallest absolute Gasteiger partial charge is 0.338 e. The van der Waals surface area contributed by atoms with Gasteiger partial charge in [0.15, 0.2) is 0 Å². The van der Waals surface area contributed by atoms with Gasteiger partial charge >= 0.3 is 6.18 Å². The minimum atomic E-state index is -4.45. The molecule has 2 amide bonds. The predicted molar refractivity (Wildman–Crippen MR) is 192 cm³/mol. The molecule has 254 valence electrons. The van der Waals surface area contributed by atoms with Crippen LogP contribution in [0.5, 0.6) is 0 Å². The number of amides is 2. The second kappa shape index (κ2) is 19.0. The molecule has 1 aliphatic rings. The second-order valence-electron chi connectivity index (χ2n) is 11.0. The number of alkyl halides is 3. The first kappa shape index (κ1) is 38.2. The van der Waals surface area contributed by atoms with Crippen molar-refractivity contribution < 1.29 is 22.8 Å². The lowest BCUT2D eigenvalue weighted by atomic mass is 10.0. The Bertz CT molecular complexity index is 1540. The average molecular weight is 723 g/mol. The summed E-state index contributed by atoms with van der Waals surface area (Å²) >= 11 is 3.45. The van der Waals surface area contributed by atoms with E-state index in [0.29, 0.717) is 44.7 Å². The minimum Gasteiger partial charge on any atom is -0.338 e. The van der Waals surface area contributed by atoms with Crippen LogP contribution in [-0.4, -0.2) is 65.3 Å². The summed E-state index contributed by atoms with van der Waals surface area (Å²) in [5.74, 6) is -0.566. The molecule has 0 N–H and O–H groups in total. The number of halogens is 4. The molecule has 4 rings (SSSR count). The molecular formula is C39H43BrF3N3O2. The van der Waals surface area contributed by atoms with Gasteiger partial charge in [0.25, 0.3) is 0 Å². The summed E-state index contributed by atoms with van der Waals surface area (Å²) < 4.78 is 40.1. The van der Waals surface area contributed by atoms with E-state index in [1.165, 1.54) is 24.3 Å². The third-order valence-electron chi connectivity index (χ3n) is 7.82. The molecule has 3 aromatic rings. The van der Waals surface area contributed by atoms with Crippen molar-refractivity contribution in [2.24, 2.45) is 0 Å². The molecule has 0 bridgehead atoms. The lowest BCUT2D eigenvalue weighted by Gasteiger charge is -2.39. The molecule has 0 radical (unpaired) electrons. The summed E-state index contributed by atoms with van der Waals surface area (Å²) in [4.78, 5) is 33.9. The summed E-state index contributed by atoms with van der Waals surface area (Å²) in [7, 11) is 0. The van der Waals surface area contributed by atoms with Crippen molar-refractivity contribution in [3.05, 3.63) is 149 Å². The van der Waals surface area contributed by atoms with E-state index in [2.05, 4.69) is 34.0 Å². The van der Waals surface area contributed by atoms with Gasteiger partial charge in [0, 0.05) is 56.2 Å². The second-order valence-corrected chi connectivity index (χ2v) is 11.9. The zero-order chi connectivity index (χ0) is 35.1.